The van der Waals surface area contributed by atoms with E-state index >= 15 is 0 Å². The van der Waals surface area contributed by atoms with E-state index in [1.807, 2.05) is 0 Å². The third-order valence-corrected chi connectivity index (χ3v) is 2.28. The van der Waals surface area contributed by atoms with Crippen LogP contribution in [0.2, 0.25) is 0 Å². The predicted molar refractivity (Wildman–Crippen MR) is 63.6 cm³/mol. The lowest BCUT2D eigenvalue weighted by Crippen LogP contribution is -2.37. The number of hydrogen-bond donors (Lipinski definition) is 1. The van der Waals surface area contributed by atoms with Gasteiger partial charge in [-0.1, -0.05) is 0 Å². The number of nitrogens with two attached hydrogens (primary N) is 1. The van der Waals surface area contributed by atoms with Crippen LogP contribution in [0.25, 0.3) is 0 Å². The van der Waals surface area contributed by atoms with Crippen LogP contribution in [0.1, 0.15) is 0 Å². The van der Waals surface area contributed by atoms with Crippen molar-refractivity contribution in [1.82, 2.24) is 0 Å². The highest BCUT2D eigenvalue weighted by Gasteiger charge is 2.37. The maximum absolute atomic E-state index is 10.7. The van der Waals surface area contributed by atoms with Gasteiger partial charge in [0.25, 0.3) is 0 Å². The Bertz CT molecular complexity index is 478. The van der Waals surface area contributed by atoms with Gasteiger partial charge in [-0.15, -0.1) is 0 Å². The first-order valence-electron chi connectivity index (χ1n) is 5.58. The maximum atomic E-state index is 10.7. The Balaban J connectivity index is 0. The molecule has 0 aromatic rings. The number of hydrogen-bond acceptors (Lipinski definition) is 5. The fraction of sp³-hybridized carbons (Fsp3) is 0.889. The van der Waals surface area contributed by atoms with Crippen LogP contribution in [0, 0.1) is 0 Å². The normalized spacial score (nSPS) is 18.1. The molecule has 0 bridgehead atoms. The second kappa shape index (κ2) is 8.12. The van der Waals surface area contributed by atoms with Gasteiger partial charge < -0.3 is 19.5 Å². The molecule has 0 saturated carbocycles. The van der Waals surface area contributed by atoms with Gasteiger partial charge >= 0.3 is 17.6 Å². The SMILES string of the molecule is C[N+](C)(C)CC1CO1.NC(=O)C(F)(F)F.O=S(=O)([O-])C(F)(F)F. The van der Waals surface area contributed by atoms with Crippen molar-refractivity contribution in [2.24, 2.45) is 5.73 Å². The van der Waals surface area contributed by atoms with Gasteiger partial charge in [0.2, 0.25) is 0 Å². The summed E-state index contributed by atoms with van der Waals surface area (Å²) >= 11 is 0. The number of amides is 1. The quantitative estimate of drug-likeness (QED) is 0.242. The van der Waals surface area contributed by atoms with E-state index in [1.165, 1.54) is 0 Å². The van der Waals surface area contributed by atoms with E-state index in [2.05, 4.69) is 26.9 Å². The topological polar surface area (TPSA) is 113 Å². The number of alkyl halides is 6. The summed E-state index contributed by atoms with van der Waals surface area (Å²) in [4.78, 5) is 9.12. The lowest BCUT2D eigenvalue weighted by Gasteiger charge is -2.22. The summed E-state index contributed by atoms with van der Waals surface area (Å²) in [7, 11) is 0.456. The number of carbonyl (C=O) groups excluding carboxylic acids is 1. The number of epoxide rings is 1. The third kappa shape index (κ3) is 15.5. The van der Waals surface area contributed by atoms with Crippen molar-refractivity contribution in [2.45, 2.75) is 17.8 Å². The summed E-state index contributed by atoms with van der Waals surface area (Å²) in [5.74, 6) is -2.26. The fourth-order valence-corrected chi connectivity index (χ4v) is 0.784. The van der Waals surface area contributed by atoms with Crippen LogP contribution in [-0.4, -0.2) is 75.4 Å². The van der Waals surface area contributed by atoms with Crippen molar-refractivity contribution in [3.63, 3.8) is 0 Å². The minimum Gasteiger partial charge on any atom is -0.741 e. The van der Waals surface area contributed by atoms with Crippen molar-refractivity contribution in [3.05, 3.63) is 0 Å². The summed E-state index contributed by atoms with van der Waals surface area (Å²) in [6.07, 6.45) is -4.30. The monoisotopic (exact) mass is 378 g/mol. The van der Waals surface area contributed by atoms with Gasteiger partial charge in [0, 0.05) is 0 Å². The van der Waals surface area contributed by atoms with E-state index in [0.29, 0.717) is 6.10 Å². The highest BCUT2D eigenvalue weighted by Crippen LogP contribution is 2.20. The third-order valence-electron chi connectivity index (χ3n) is 1.72. The van der Waals surface area contributed by atoms with Crippen LogP contribution in [0.3, 0.4) is 0 Å². The van der Waals surface area contributed by atoms with Crippen LogP contribution in [-0.2, 0) is 19.6 Å². The summed E-state index contributed by atoms with van der Waals surface area (Å²) in [6, 6.07) is 0. The summed E-state index contributed by atoms with van der Waals surface area (Å²) in [5.41, 5.74) is -1.84. The molecule has 2 N–H and O–H groups in total. The first-order chi connectivity index (χ1) is 9.77. The van der Waals surface area contributed by atoms with Gasteiger partial charge in [0.15, 0.2) is 10.1 Å². The lowest BCUT2D eigenvalue weighted by atomic mass is 10.4. The van der Waals surface area contributed by atoms with Gasteiger partial charge in [-0.05, 0) is 0 Å². The summed E-state index contributed by atoms with van der Waals surface area (Å²) < 4.78 is 97.1. The molecule has 140 valence electrons. The Morgan fingerprint density at radius 2 is 1.48 bits per heavy atom. The molecule has 1 fully saturated rings. The zero-order chi connectivity index (χ0) is 19.3. The highest BCUT2D eigenvalue weighted by molar-refractivity contribution is 7.86. The molecule has 1 atom stereocenters. The van der Waals surface area contributed by atoms with Gasteiger partial charge in [-0.2, -0.15) is 26.3 Å². The maximum Gasteiger partial charge on any atom is 0.485 e. The second-order valence-electron chi connectivity index (χ2n) is 5.19. The Morgan fingerprint density at radius 1 is 1.22 bits per heavy atom. The summed E-state index contributed by atoms with van der Waals surface area (Å²) in [6.45, 7) is 2.13. The van der Waals surface area contributed by atoms with Gasteiger partial charge in [0.05, 0.1) is 27.7 Å². The first kappa shape index (κ1) is 24.1. The molecule has 1 heterocycles. The number of nitrogens with zero attached hydrogens (tertiary/aromatic N) is 1. The smallest absolute Gasteiger partial charge is 0.485 e. The Morgan fingerprint density at radius 3 is 1.52 bits per heavy atom. The fourth-order valence-electron chi connectivity index (χ4n) is 0.784. The van der Waals surface area contributed by atoms with Crippen LogP contribution in [0.4, 0.5) is 26.3 Å². The molecule has 0 spiro atoms. The van der Waals surface area contributed by atoms with E-state index < -0.39 is 27.7 Å². The molecule has 1 saturated heterocycles. The zero-order valence-electron chi connectivity index (χ0n) is 12.2. The number of carbonyl (C=O) groups is 1. The molecular weight excluding hydrogens is 362 g/mol. The van der Waals surface area contributed by atoms with Gasteiger partial charge in [-0.3, -0.25) is 4.79 Å². The van der Waals surface area contributed by atoms with Crippen LogP contribution in [0.5, 0.6) is 0 Å². The average Bonchev–Trinajstić information content (AvgIpc) is 2.95. The van der Waals surface area contributed by atoms with Crippen LogP contribution in [0.15, 0.2) is 0 Å². The number of rotatable bonds is 2. The van der Waals surface area contributed by atoms with Gasteiger partial charge in [0.1, 0.15) is 12.6 Å². The molecule has 0 aromatic carbocycles. The van der Waals surface area contributed by atoms with Crippen molar-refractivity contribution < 1.29 is 53.3 Å². The van der Waals surface area contributed by atoms with Crippen LogP contribution < -0.4 is 5.73 Å². The van der Waals surface area contributed by atoms with E-state index in [0.717, 1.165) is 17.6 Å². The average molecular weight is 378 g/mol. The second-order valence-corrected chi connectivity index (χ2v) is 6.56. The Hall–Kier alpha value is -1.12. The molecule has 7 nitrogen and oxygen atoms in total. The van der Waals surface area contributed by atoms with Crippen molar-refractivity contribution >= 4 is 16.0 Å². The van der Waals surface area contributed by atoms with E-state index in [9.17, 15) is 26.3 Å². The Kier molecular flexibility index (Phi) is 8.52. The molecule has 1 aliphatic heterocycles. The van der Waals surface area contributed by atoms with Crippen LogP contribution >= 0.6 is 0 Å². The molecular formula is C9H16F6N2O5S. The van der Waals surface area contributed by atoms with E-state index in [-0.39, 0.29) is 0 Å². The number of primary amides is 1. The highest BCUT2D eigenvalue weighted by atomic mass is 32.2. The molecule has 0 aliphatic carbocycles. The molecule has 0 radical (unpaired) electrons. The number of likely N-dealkylation sites (N-methyl/N-ethyl adjacent to an activating group) is 1. The summed E-state index contributed by atoms with van der Waals surface area (Å²) in [5, 5.41) is 0. The Labute approximate surface area is 128 Å². The number of ether oxygens (including phenoxy) is 1. The predicted octanol–water partition coefficient (Wildman–Crippen LogP) is 0.177. The number of quaternary nitrogens is 1. The van der Waals surface area contributed by atoms with Crippen molar-refractivity contribution in [3.8, 4) is 0 Å². The molecule has 1 rings (SSSR count). The zero-order valence-corrected chi connectivity index (χ0v) is 13.0. The molecule has 1 amide bonds. The lowest BCUT2D eigenvalue weighted by molar-refractivity contribution is -0.870. The van der Waals surface area contributed by atoms with E-state index in [4.69, 9.17) is 22.5 Å². The standard InChI is InChI=1S/C6H14NO.C2H2F3NO.CHF3O3S/c1-7(2,3)4-6-5-8-6;3-2(4,5)1(6)7;2-1(3,4)8(5,6)7/h6H,4-5H2,1-3H3;(H2,6,7);(H,5,6,7)/q+1;;/p-1. The minimum atomic E-state index is -6.09. The van der Waals surface area contributed by atoms with E-state index in [1.54, 1.807) is 0 Å². The first-order valence-corrected chi connectivity index (χ1v) is 6.99. The van der Waals surface area contributed by atoms with Gasteiger partial charge in [-0.25, -0.2) is 8.42 Å². The van der Waals surface area contributed by atoms with Crippen molar-refractivity contribution in [1.29, 1.82) is 0 Å². The van der Waals surface area contributed by atoms with Crippen molar-refractivity contribution in [2.75, 3.05) is 34.3 Å². The number of halogens is 6. The molecule has 23 heavy (non-hydrogen) atoms. The molecule has 1 unspecified atom stereocenters. The largest absolute Gasteiger partial charge is 0.741 e. The molecule has 1 aliphatic rings. The molecule has 0 aromatic heterocycles. The minimum absolute atomic E-state index is 0.565. The molecule has 14 heteroatoms.